The number of benzene rings is 1. The first-order chi connectivity index (χ1) is 12.0. The van der Waals surface area contributed by atoms with E-state index in [0.29, 0.717) is 16.8 Å². The Labute approximate surface area is 160 Å². The number of aromatic amines is 1. The van der Waals surface area contributed by atoms with E-state index >= 15 is 0 Å². The summed E-state index contributed by atoms with van der Waals surface area (Å²) < 4.78 is 0. The third-order valence-corrected chi connectivity index (χ3v) is 5.04. The number of amides is 1. The highest BCUT2D eigenvalue weighted by atomic mass is 35.5. The third-order valence-electron chi connectivity index (χ3n) is 4.30. The molecule has 1 aromatic carbocycles. The fraction of sp³-hybridized carbons (Fsp3) is 0.278. The summed E-state index contributed by atoms with van der Waals surface area (Å²) in [7, 11) is 0. The van der Waals surface area contributed by atoms with Gasteiger partial charge in [-0.25, -0.2) is 4.79 Å². The van der Waals surface area contributed by atoms with Crippen molar-refractivity contribution in [3.8, 4) is 0 Å². The predicted octanol–water partition coefficient (Wildman–Crippen LogP) is 3.87. The zero-order valence-electron chi connectivity index (χ0n) is 14.7. The third kappa shape index (κ3) is 3.48. The van der Waals surface area contributed by atoms with Crippen molar-refractivity contribution < 1.29 is 19.5 Å². The minimum absolute atomic E-state index is 0.139. The van der Waals surface area contributed by atoms with Gasteiger partial charge >= 0.3 is 5.97 Å². The van der Waals surface area contributed by atoms with Crippen LogP contribution in [0.25, 0.3) is 0 Å². The van der Waals surface area contributed by atoms with Crippen molar-refractivity contribution in [2.75, 3.05) is 0 Å². The molecular weight excluding hydrogens is 379 g/mol. The first-order valence-corrected chi connectivity index (χ1v) is 8.46. The van der Waals surface area contributed by atoms with Crippen LogP contribution in [0.1, 0.15) is 51.5 Å². The molecule has 0 bridgehead atoms. The lowest BCUT2D eigenvalue weighted by Crippen LogP contribution is -2.49. The van der Waals surface area contributed by atoms with Gasteiger partial charge in [-0.1, -0.05) is 29.3 Å². The molecule has 1 unspecified atom stereocenters. The zero-order valence-corrected chi connectivity index (χ0v) is 16.2. The van der Waals surface area contributed by atoms with Crippen molar-refractivity contribution in [1.29, 1.82) is 0 Å². The standard InChI is InChI=1S/C18H18Cl2N2O4/c1-8-14(10(3)23)9(2)21-15(8)16(24)22-18(4,17(25)26)11-5-6-12(19)13(20)7-11/h5-7,21H,1-4H3,(H,22,24)(H,25,26). The molecule has 1 aromatic heterocycles. The lowest BCUT2D eigenvalue weighted by atomic mass is 9.91. The van der Waals surface area contributed by atoms with E-state index in [1.165, 1.54) is 32.0 Å². The molecule has 138 valence electrons. The molecule has 6 nitrogen and oxygen atoms in total. The second-order valence-electron chi connectivity index (χ2n) is 6.19. The van der Waals surface area contributed by atoms with Gasteiger partial charge in [0.1, 0.15) is 5.69 Å². The van der Waals surface area contributed by atoms with Crippen molar-refractivity contribution in [3.63, 3.8) is 0 Å². The van der Waals surface area contributed by atoms with Gasteiger partial charge in [0.05, 0.1) is 10.0 Å². The van der Waals surface area contributed by atoms with Crippen LogP contribution in [0.3, 0.4) is 0 Å². The molecule has 2 rings (SSSR count). The van der Waals surface area contributed by atoms with Crippen LogP contribution in [-0.4, -0.2) is 27.8 Å². The summed E-state index contributed by atoms with van der Waals surface area (Å²) in [6.45, 7) is 6.06. The highest BCUT2D eigenvalue weighted by molar-refractivity contribution is 6.42. The smallest absolute Gasteiger partial charge is 0.333 e. The van der Waals surface area contributed by atoms with Gasteiger partial charge in [-0.2, -0.15) is 0 Å². The summed E-state index contributed by atoms with van der Waals surface area (Å²) in [4.78, 5) is 39.2. The molecule has 1 amide bonds. The first-order valence-electron chi connectivity index (χ1n) is 7.70. The van der Waals surface area contributed by atoms with Crippen LogP contribution in [0, 0.1) is 13.8 Å². The maximum Gasteiger partial charge on any atom is 0.333 e. The van der Waals surface area contributed by atoms with Gasteiger partial charge in [-0.15, -0.1) is 0 Å². The van der Waals surface area contributed by atoms with Crippen LogP contribution in [0.4, 0.5) is 0 Å². The highest BCUT2D eigenvalue weighted by Crippen LogP contribution is 2.30. The number of H-pyrrole nitrogens is 1. The quantitative estimate of drug-likeness (QED) is 0.667. The van der Waals surface area contributed by atoms with Crippen LogP contribution in [-0.2, 0) is 10.3 Å². The molecule has 0 radical (unpaired) electrons. The first kappa shape index (κ1) is 20.0. The van der Waals surface area contributed by atoms with E-state index in [9.17, 15) is 19.5 Å². The Bertz CT molecular complexity index is 920. The van der Waals surface area contributed by atoms with Crippen molar-refractivity contribution in [2.45, 2.75) is 33.2 Å². The molecule has 0 fully saturated rings. The molecule has 3 N–H and O–H groups in total. The van der Waals surface area contributed by atoms with Crippen molar-refractivity contribution in [1.82, 2.24) is 10.3 Å². The number of hydrogen-bond donors (Lipinski definition) is 3. The number of aromatic nitrogens is 1. The van der Waals surface area contributed by atoms with Crippen LogP contribution in [0.2, 0.25) is 10.0 Å². The molecule has 0 spiro atoms. The molecule has 0 aliphatic heterocycles. The van der Waals surface area contributed by atoms with Gasteiger partial charge in [0.2, 0.25) is 0 Å². The van der Waals surface area contributed by atoms with E-state index in [-0.39, 0.29) is 27.1 Å². The van der Waals surface area contributed by atoms with Gasteiger partial charge < -0.3 is 15.4 Å². The number of nitrogens with one attached hydrogen (secondary N) is 2. The van der Waals surface area contributed by atoms with E-state index < -0.39 is 17.4 Å². The van der Waals surface area contributed by atoms with E-state index in [1.807, 2.05) is 0 Å². The monoisotopic (exact) mass is 396 g/mol. The molecule has 8 heteroatoms. The summed E-state index contributed by atoms with van der Waals surface area (Å²) in [5.74, 6) is -2.09. The number of carboxylic acid groups (broad SMARTS) is 1. The fourth-order valence-corrected chi connectivity index (χ4v) is 3.15. The van der Waals surface area contributed by atoms with E-state index in [4.69, 9.17) is 23.2 Å². The number of hydrogen-bond acceptors (Lipinski definition) is 3. The molecule has 0 saturated heterocycles. The Morgan fingerprint density at radius 2 is 1.77 bits per heavy atom. The Morgan fingerprint density at radius 1 is 1.15 bits per heavy atom. The van der Waals surface area contributed by atoms with E-state index in [0.717, 1.165) is 0 Å². The number of rotatable bonds is 5. The minimum Gasteiger partial charge on any atom is -0.479 e. The van der Waals surface area contributed by atoms with Crippen LogP contribution >= 0.6 is 23.2 Å². The molecule has 26 heavy (non-hydrogen) atoms. The van der Waals surface area contributed by atoms with Gasteiger partial charge in [-0.3, -0.25) is 9.59 Å². The molecule has 2 aromatic rings. The summed E-state index contributed by atoms with van der Waals surface area (Å²) in [5.41, 5.74) is 0.0937. The fourth-order valence-electron chi connectivity index (χ4n) is 2.85. The van der Waals surface area contributed by atoms with Crippen molar-refractivity contribution in [3.05, 3.63) is 56.3 Å². The van der Waals surface area contributed by atoms with Crippen LogP contribution < -0.4 is 5.32 Å². The second-order valence-corrected chi connectivity index (χ2v) is 7.01. The Balaban J connectivity index is 2.46. The largest absolute Gasteiger partial charge is 0.479 e. The Kier molecular flexibility index (Phi) is 5.49. The number of aryl methyl sites for hydroxylation is 1. The number of Topliss-reactive ketones (excluding diaryl/α,β-unsaturated/α-hetero) is 1. The molecule has 1 heterocycles. The zero-order chi connectivity index (χ0) is 19.8. The average Bonchev–Trinajstić information content (AvgIpc) is 2.84. The normalized spacial score (nSPS) is 13.2. The van der Waals surface area contributed by atoms with Gasteiger partial charge in [0.25, 0.3) is 5.91 Å². The second kappa shape index (κ2) is 7.13. The summed E-state index contributed by atoms with van der Waals surface area (Å²) in [6, 6.07) is 4.34. The Hall–Kier alpha value is -2.31. The molecule has 0 saturated carbocycles. The van der Waals surface area contributed by atoms with Crippen molar-refractivity contribution >= 4 is 40.9 Å². The number of carbonyl (C=O) groups excluding carboxylic acids is 2. The average molecular weight is 397 g/mol. The number of carbonyl (C=O) groups is 3. The number of aliphatic carboxylic acids is 1. The van der Waals surface area contributed by atoms with Gasteiger partial charge in [0.15, 0.2) is 11.3 Å². The number of halogens is 2. The summed E-state index contributed by atoms with van der Waals surface area (Å²) >= 11 is 11.9. The SMILES string of the molecule is CC(=O)c1c(C)[nH]c(C(=O)NC(C)(C(=O)O)c2ccc(Cl)c(Cl)c2)c1C. The van der Waals surface area contributed by atoms with E-state index in [2.05, 4.69) is 10.3 Å². The lowest BCUT2D eigenvalue weighted by Gasteiger charge is -2.27. The topological polar surface area (TPSA) is 99.3 Å². The number of carboxylic acids is 1. The Morgan fingerprint density at radius 3 is 2.23 bits per heavy atom. The molecule has 0 aliphatic carbocycles. The summed E-state index contributed by atoms with van der Waals surface area (Å²) in [6.07, 6.45) is 0. The minimum atomic E-state index is -1.74. The maximum atomic E-state index is 12.7. The lowest BCUT2D eigenvalue weighted by molar-refractivity contribution is -0.144. The maximum absolute atomic E-state index is 12.7. The molecule has 1 atom stereocenters. The van der Waals surface area contributed by atoms with Gasteiger partial charge in [0, 0.05) is 11.3 Å². The van der Waals surface area contributed by atoms with E-state index in [1.54, 1.807) is 13.8 Å². The highest BCUT2D eigenvalue weighted by Gasteiger charge is 2.38. The number of ketones is 1. The van der Waals surface area contributed by atoms with Crippen molar-refractivity contribution in [2.24, 2.45) is 0 Å². The predicted molar refractivity (Wildman–Crippen MR) is 99.2 cm³/mol. The molecular formula is C18H18Cl2N2O4. The molecule has 0 aliphatic rings. The summed E-state index contributed by atoms with van der Waals surface area (Å²) in [5, 5.41) is 12.7. The van der Waals surface area contributed by atoms with Crippen LogP contribution in [0.15, 0.2) is 18.2 Å². The van der Waals surface area contributed by atoms with Gasteiger partial charge in [-0.05, 0) is 51.0 Å². The van der Waals surface area contributed by atoms with Crippen LogP contribution in [0.5, 0.6) is 0 Å².